The molecule has 1 aliphatic carbocycles. The van der Waals surface area contributed by atoms with Crippen LogP contribution in [-0.4, -0.2) is 49.4 Å². The van der Waals surface area contributed by atoms with Gasteiger partial charge in [-0.3, -0.25) is 19.7 Å². The second-order valence-corrected chi connectivity index (χ2v) is 6.62. The number of imide groups is 1. The number of amides is 3. The van der Waals surface area contributed by atoms with E-state index in [0.29, 0.717) is 30.7 Å². The first kappa shape index (κ1) is 18.2. The molecular formula is C19H24N2O5. The molecule has 3 rings (SSSR count). The number of likely N-dealkylation sites (tertiary alicyclic amines) is 1. The second kappa shape index (κ2) is 7.76. The van der Waals surface area contributed by atoms with Gasteiger partial charge < -0.3 is 14.4 Å². The highest BCUT2D eigenvalue weighted by Gasteiger charge is 2.37. The summed E-state index contributed by atoms with van der Waals surface area (Å²) in [6.45, 7) is 0.499. The van der Waals surface area contributed by atoms with Crippen LogP contribution in [0.5, 0.6) is 0 Å². The number of carbonyl (C=O) groups is 3. The van der Waals surface area contributed by atoms with Gasteiger partial charge in [0.1, 0.15) is 17.6 Å². The Labute approximate surface area is 152 Å². The van der Waals surface area contributed by atoms with E-state index in [9.17, 15) is 14.4 Å². The average Bonchev–Trinajstić information content (AvgIpc) is 2.79. The zero-order valence-corrected chi connectivity index (χ0v) is 15.2. The van der Waals surface area contributed by atoms with E-state index in [-0.39, 0.29) is 18.2 Å². The van der Waals surface area contributed by atoms with Crippen LogP contribution in [-0.2, 0) is 23.9 Å². The molecule has 2 fully saturated rings. The lowest BCUT2D eigenvalue weighted by Crippen LogP contribution is -2.55. The number of hydrogen-bond donors (Lipinski definition) is 1. The highest BCUT2D eigenvalue weighted by Crippen LogP contribution is 2.33. The lowest BCUT2D eigenvalue weighted by molar-refractivity contribution is -0.144. The average molecular weight is 360 g/mol. The van der Waals surface area contributed by atoms with Crippen LogP contribution in [0.2, 0.25) is 0 Å². The number of piperidine rings is 1. The molecule has 1 N–H and O–H groups in total. The number of rotatable bonds is 3. The molecule has 3 amide bonds. The Hall–Kier alpha value is -2.57. The van der Waals surface area contributed by atoms with Crippen LogP contribution in [0, 0.1) is 0 Å². The van der Waals surface area contributed by atoms with Crippen molar-refractivity contribution in [1.82, 2.24) is 10.2 Å². The van der Waals surface area contributed by atoms with Crippen molar-refractivity contribution in [2.45, 2.75) is 44.6 Å². The van der Waals surface area contributed by atoms with Crippen molar-refractivity contribution in [1.29, 1.82) is 0 Å². The molecule has 140 valence electrons. The standard InChI is InChI=1S/C19H24N2O5/c1-25-12-6-7-14-13(16(11-12)26-2)5-3-4-10-21(19(14)24)15-8-9-17(22)20-18(15)23/h6-7,15H,3-5,8-11H2,1-2H3,(H,20,22,23). The Morgan fingerprint density at radius 2 is 1.88 bits per heavy atom. The van der Waals surface area contributed by atoms with E-state index in [1.165, 1.54) is 0 Å². The van der Waals surface area contributed by atoms with Crippen molar-refractivity contribution in [3.63, 3.8) is 0 Å². The van der Waals surface area contributed by atoms with Gasteiger partial charge in [-0.1, -0.05) is 0 Å². The van der Waals surface area contributed by atoms with Gasteiger partial charge in [0.25, 0.3) is 5.91 Å². The molecule has 0 aromatic rings. The monoisotopic (exact) mass is 360 g/mol. The van der Waals surface area contributed by atoms with Crippen molar-refractivity contribution in [3.05, 3.63) is 34.8 Å². The largest absolute Gasteiger partial charge is 0.501 e. The summed E-state index contributed by atoms with van der Waals surface area (Å²) >= 11 is 0. The number of hydrogen-bond acceptors (Lipinski definition) is 5. The molecule has 2 saturated heterocycles. The summed E-state index contributed by atoms with van der Waals surface area (Å²) in [6.07, 6.45) is 7.07. The van der Waals surface area contributed by atoms with Gasteiger partial charge in [0.15, 0.2) is 0 Å². The highest BCUT2D eigenvalue weighted by molar-refractivity contribution is 6.05. The van der Waals surface area contributed by atoms with E-state index in [1.54, 1.807) is 31.3 Å². The minimum atomic E-state index is -0.611. The second-order valence-electron chi connectivity index (χ2n) is 6.62. The predicted molar refractivity (Wildman–Crippen MR) is 93.6 cm³/mol. The molecule has 2 aliphatic heterocycles. The van der Waals surface area contributed by atoms with Gasteiger partial charge in [-0.15, -0.1) is 0 Å². The first-order chi connectivity index (χ1) is 12.5. The lowest BCUT2D eigenvalue weighted by atomic mass is 9.93. The van der Waals surface area contributed by atoms with Crippen LogP contribution >= 0.6 is 0 Å². The maximum Gasteiger partial charge on any atom is 0.254 e. The smallest absolute Gasteiger partial charge is 0.254 e. The Morgan fingerprint density at radius 3 is 2.58 bits per heavy atom. The fraction of sp³-hybridized carbons (Fsp3) is 0.526. The summed E-state index contributed by atoms with van der Waals surface area (Å²) in [5, 5.41) is 2.34. The number of methoxy groups -OCH3 is 2. The molecule has 7 heteroatoms. The Kier molecular flexibility index (Phi) is 5.44. The number of nitrogens with zero attached hydrogens (tertiary/aromatic N) is 1. The van der Waals surface area contributed by atoms with E-state index < -0.39 is 11.9 Å². The minimum absolute atomic E-state index is 0.197. The molecule has 3 aliphatic rings. The summed E-state index contributed by atoms with van der Waals surface area (Å²) in [7, 11) is 3.19. The number of carbonyl (C=O) groups excluding carboxylic acids is 3. The van der Waals surface area contributed by atoms with Crippen molar-refractivity contribution in [2.75, 3.05) is 20.8 Å². The Balaban J connectivity index is 1.97. The molecule has 7 nitrogen and oxygen atoms in total. The highest BCUT2D eigenvalue weighted by atomic mass is 16.5. The van der Waals surface area contributed by atoms with Crippen molar-refractivity contribution in [2.24, 2.45) is 0 Å². The third-order valence-electron chi connectivity index (χ3n) is 5.09. The van der Waals surface area contributed by atoms with Crippen LogP contribution in [0.15, 0.2) is 34.8 Å². The molecule has 1 atom stereocenters. The molecule has 0 bridgehead atoms. The van der Waals surface area contributed by atoms with E-state index in [1.807, 2.05) is 0 Å². The maximum atomic E-state index is 13.3. The van der Waals surface area contributed by atoms with Gasteiger partial charge in [-0.25, -0.2) is 0 Å². The summed E-state index contributed by atoms with van der Waals surface area (Å²) in [4.78, 5) is 38.6. The van der Waals surface area contributed by atoms with Crippen LogP contribution in [0.4, 0.5) is 0 Å². The topological polar surface area (TPSA) is 84.9 Å². The normalized spacial score (nSPS) is 24.6. The molecule has 0 saturated carbocycles. The van der Waals surface area contributed by atoms with E-state index in [0.717, 1.165) is 30.6 Å². The summed E-state index contributed by atoms with van der Waals surface area (Å²) in [5.41, 5.74) is 1.41. The first-order valence-corrected chi connectivity index (χ1v) is 8.91. The zero-order valence-electron chi connectivity index (χ0n) is 15.2. The van der Waals surface area contributed by atoms with E-state index in [4.69, 9.17) is 9.47 Å². The summed E-state index contributed by atoms with van der Waals surface area (Å²) in [5.74, 6) is 0.566. The van der Waals surface area contributed by atoms with Crippen LogP contribution in [0.25, 0.3) is 0 Å². The molecule has 0 radical (unpaired) electrons. The fourth-order valence-corrected chi connectivity index (χ4v) is 3.68. The Bertz CT molecular complexity index is 719. The first-order valence-electron chi connectivity index (χ1n) is 8.91. The van der Waals surface area contributed by atoms with Gasteiger partial charge in [0, 0.05) is 24.1 Å². The van der Waals surface area contributed by atoms with Crippen molar-refractivity contribution < 1.29 is 23.9 Å². The predicted octanol–water partition coefficient (Wildman–Crippen LogP) is 1.56. The maximum absolute atomic E-state index is 13.3. The summed E-state index contributed by atoms with van der Waals surface area (Å²) < 4.78 is 10.9. The van der Waals surface area contributed by atoms with Crippen LogP contribution in [0.1, 0.15) is 38.5 Å². The molecule has 0 spiro atoms. The van der Waals surface area contributed by atoms with Crippen molar-refractivity contribution in [3.8, 4) is 0 Å². The van der Waals surface area contributed by atoms with Crippen molar-refractivity contribution >= 4 is 17.7 Å². The fourth-order valence-electron chi connectivity index (χ4n) is 3.68. The molecule has 0 aromatic heterocycles. The van der Waals surface area contributed by atoms with Gasteiger partial charge in [-0.2, -0.15) is 0 Å². The molecular weight excluding hydrogens is 336 g/mol. The van der Waals surface area contributed by atoms with E-state index in [2.05, 4.69) is 5.32 Å². The lowest BCUT2D eigenvalue weighted by Gasteiger charge is -2.35. The molecule has 0 aromatic carbocycles. The quantitative estimate of drug-likeness (QED) is 0.772. The number of nitrogens with one attached hydrogen (secondary N) is 1. The van der Waals surface area contributed by atoms with E-state index >= 15 is 0 Å². The minimum Gasteiger partial charge on any atom is -0.501 e. The molecule has 2 heterocycles. The van der Waals surface area contributed by atoms with Crippen LogP contribution in [0.3, 0.4) is 0 Å². The number of allylic oxidation sites excluding steroid dienone is 2. The van der Waals surface area contributed by atoms with Gasteiger partial charge in [0.05, 0.1) is 20.6 Å². The van der Waals surface area contributed by atoms with Gasteiger partial charge in [-0.05, 0) is 37.8 Å². The SMILES string of the molecule is COC1=CC=C2C(=O)N(C3CCC(=O)NC3=O)CCCCC2=C(OC)C1. The van der Waals surface area contributed by atoms with Gasteiger partial charge >= 0.3 is 0 Å². The zero-order chi connectivity index (χ0) is 18.7. The number of fused-ring (bicyclic) bond motifs is 1. The summed E-state index contributed by atoms with van der Waals surface area (Å²) in [6, 6.07) is -0.611. The Morgan fingerprint density at radius 1 is 1.08 bits per heavy atom. The number of ether oxygens (including phenoxy) is 2. The van der Waals surface area contributed by atoms with Gasteiger partial charge in [0.2, 0.25) is 11.8 Å². The third-order valence-corrected chi connectivity index (χ3v) is 5.09. The molecule has 1 unspecified atom stereocenters. The third kappa shape index (κ3) is 3.52. The van der Waals surface area contributed by atoms with Crippen LogP contribution < -0.4 is 5.32 Å². The molecule has 26 heavy (non-hydrogen) atoms.